The average molecular weight is 466 g/mol. The minimum atomic E-state index is -0.549. The summed E-state index contributed by atoms with van der Waals surface area (Å²) < 4.78 is 11.8. The van der Waals surface area contributed by atoms with Gasteiger partial charge in [0.2, 0.25) is 0 Å². The van der Waals surface area contributed by atoms with E-state index in [-0.39, 0.29) is 52.6 Å². The molecule has 0 saturated carbocycles. The molecule has 0 amide bonds. The Balaban J connectivity index is 1.59. The molecular weight excluding hydrogens is 440 g/mol. The van der Waals surface area contributed by atoms with Gasteiger partial charge in [0.25, 0.3) is 0 Å². The Hall–Kier alpha value is -3.94. The summed E-state index contributed by atoms with van der Waals surface area (Å²) in [5.41, 5.74) is 2.38. The van der Waals surface area contributed by atoms with Gasteiger partial charge in [-0.05, 0) is 43.4 Å². The molecule has 3 aromatic carbocycles. The standard InChI is InChI=1S/C26H26O8/c1-11-7-20(13-3-4-15(27)17(29)8-13)34-21-10-19(31)23(25(32)22(11)21)14-5-6-33-26-12(2)16(28)9-18(30)24(14)26/h3-4,8-11,14,20,27-32H,5-7H2,1-2H3/t11?,14?,20-/m0/s1. The Labute approximate surface area is 195 Å². The van der Waals surface area contributed by atoms with E-state index in [4.69, 9.17) is 9.47 Å². The molecule has 0 aliphatic carbocycles. The third-order valence-electron chi connectivity index (χ3n) is 6.89. The molecule has 34 heavy (non-hydrogen) atoms. The quantitative estimate of drug-likeness (QED) is 0.297. The highest BCUT2D eigenvalue weighted by Crippen LogP contribution is 2.56. The normalized spacial score (nSPS) is 21.2. The van der Waals surface area contributed by atoms with E-state index < -0.39 is 12.0 Å². The number of hydrogen-bond acceptors (Lipinski definition) is 8. The van der Waals surface area contributed by atoms with Crippen LogP contribution < -0.4 is 9.47 Å². The summed E-state index contributed by atoms with van der Waals surface area (Å²) in [5, 5.41) is 62.5. The minimum absolute atomic E-state index is 0.0934. The summed E-state index contributed by atoms with van der Waals surface area (Å²) >= 11 is 0. The largest absolute Gasteiger partial charge is 0.507 e. The van der Waals surface area contributed by atoms with Gasteiger partial charge in [-0.1, -0.05) is 13.0 Å². The van der Waals surface area contributed by atoms with E-state index in [1.807, 2.05) is 6.92 Å². The van der Waals surface area contributed by atoms with Crippen molar-refractivity contribution in [2.45, 2.75) is 44.6 Å². The zero-order valence-electron chi connectivity index (χ0n) is 18.7. The van der Waals surface area contributed by atoms with Gasteiger partial charge in [-0.2, -0.15) is 0 Å². The molecule has 0 radical (unpaired) electrons. The van der Waals surface area contributed by atoms with Crippen molar-refractivity contribution in [3.05, 3.63) is 58.1 Å². The number of hydrogen-bond donors (Lipinski definition) is 6. The number of phenolic OH excluding ortho intramolecular Hbond substituents is 6. The van der Waals surface area contributed by atoms with E-state index in [0.29, 0.717) is 46.6 Å². The molecule has 2 aliphatic rings. The Kier molecular flexibility index (Phi) is 5.04. The van der Waals surface area contributed by atoms with E-state index in [1.54, 1.807) is 13.0 Å². The van der Waals surface area contributed by atoms with Gasteiger partial charge < -0.3 is 40.1 Å². The van der Waals surface area contributed by atoms with E-state index >= 15 is 0 Å². The van der Waals surface area contributed by atoms with Gasteiger partial charge in [0.05, 0.1) is 6.61 Å². The van der Waals surface area contributed by atoms with Crippen molar-refractivity contribution in [2.24, 2.45) is 0 Å². The molecule has 5 rings (SSSR count). The van der Waals surface area contributed by atoms with Gasteiger partial charge in [-0.3, -0.25) is 0 Å². The first-order valence-electron chi connectivity index (χ1n) is 11.1. The monoisotopic (exact) mass is 466 g/mol. The molecule has 0 bridgehead atoms. The maximum absolute atomic E-state index is 11.3. The van der Waals surface area contributed by atoms with Crippen LogP contribution in [-0.2, 0) is 0 Å². The Morgan fingerprint density at radius 2 is 1.53 bits per heavy atom. The van der Waals surface area contributed by atoms with E-state index in [2.05, 4.69) is 0 Å². The average Bonchev–Trinajstić information content (AvgIpc) is 2.78. The van der Waals surface area contributed by atoms with Gasteiger partial charge in [0.15, 0.2) is 11.5 Å². The van der Waals surface area contributed by atoms with Gasteiger partial charge in [-0.25, -0.2) is 0 Å². The molecule has 3 aromatic rings. The minimum Gasteiger partial charge on any atom is -0.507 e. The van der Waals surface area contributed by atoms with Crippen LogP contribution in [0.1, 0.15) is 65.5 Å². The first-order chi connectivity index (χ1) is 16.2. The van der Waals surface area contributed by atoms with Crippen molar-refractivity contribution in [1.82, 2.24) is 0 Å². The topological polar surface area (TPSA) is 140 Å². The fourth-order valence-electron chi connectivity index (χ4n) is 5.15. The van der Waals surface area contributed by atoms with Crippen LogP contribution in [0.5, 0.6) is 46.0 Å². The van der Waals surface area contributed by atoms with Crippen molar-refractivity contribution < 1.29 is 40.1 Å². The fourth-order valence-corrected chi connectivity index (χ4v) is 5.15. The lowest BCUT2D eigenvalue weighted by Gasteiger charge is -2.34. The molecule has 178 valence electrons. The highest BCUT2D eigenvalue weighted by atomic mass is 16.5. The van der Waals surface area contributed by atoms with Crippen LogP contribution in [0.3, 0.4) is 0 Å². The van der Waals surface area contributed by atoms with Crippen molar-refractivity contribution >= 4 is 0 Å². The number of phenols is 6. The highest BCUT2D eigenvalue weighted by Gasteiger charge is 2.37. The van der Waals surface area contributed by atoms with Crippen molar-refractivity contribution in [1.29, 1.82) is 0 Å². The van der Waals surface area contributed by atoms with Crippen LogP contribution in [-0.4, -0.2) is 37.2 Å². The van der Waals surface area contributed by atoms with E-state index in [1.165, 1.54) is 24.3 Å². The maximum atomic E-state index is 11.3. The molecule has 8 heteroatoms. The third-order valence-corrected chi connectivity index (χ3v) is 6.89. The highest BCUT2D eigenvalue weighted by molar-refractivity contribution is 5.66. The molecule has 0 spiro atoms. The zero-order valence-corrected chi connectivity index (χ0v) is 18.7. The molecule has 0 aromatic heterocycles. The fraction of sp³-hybridized carbons (Fsp3) is 0.308. The van der Waals surface area contributed by atoms with Crippen molar-refractivity contribution in [3.63, 3.8) is 0 Å². The van der Waals surface area contributed by atoms with Crippen LogP contribution in [0.4, 0.5) is 0 Å². The van der Waals surface area contributed by atoms with Crippen LogP contribution in [0.15, 0.2) is 30.3 Å². The number of benzene rings is 3. The Bertz CT molecular complexity index is 1300. The number of fused-ring (bicyclic) bond motifs is 2. The second-order valence-corrected chi connectivity index (χ2v) is 9.03. The van der Waals surface area contributed by atoms with Crippen LogP contribution in [0, 0.1) is 6.92 Å². The summed E-state index contributed by atoms with van der Waals surface area (Å²) in [5.74, 6) is -1.05. The number of ether oxygens (including phenoxy) is 2. The summed E-state index contributed by atoms with van der Waals surface area (Å²) in [7, 11) is 0. The van der Waals surface area contributed by atoms with Crippen LogP contribution in [0.2, 0.25) is 0 Å². The van der Waals surface area contributed by atoms with Crippen molar-refractivity contribution in [2.75, 3.05) is 6.61 Å². The summed E-state index contributed by atoms with van der Waals surface area (Å²) in [6, 6.07) is 7.19. The predicted molar refractivity (Wildman–Crippen MR) is 122 cm³/mol. The van der Waals surface area contributed by atoms with Crippen LogP contribution in [0.25, 0.3) is 0 Å². The van der Waals surface area contributed by atoms with E-state index in [0.717, 1.165) is 0 Å². The Morgan fingerprint density at radius 1 is 0.794 bits per heavy atom. The lowest BCUT2D eigenvalue weighted by molar-refractivity contribution is 0.160. The molecule has 3 atom stereocenters. The van der Waals surface area contributed by atoms with Gasteiger partial charge >= 0.3 is 0 Å². The molecular formula is C26H26O8. The first-order valence-corrected chi connectivity index (χ1v) is 11.1. The maximum Gasteiger partial charge on any atom is 0.157 e. The summed E-state index contributed by atoms with van der Waals surface area (Å²) in [6.07, 6.45) is 0.463. The van der Waals surface area contributed by atoms with Crippen LogP contribution >= 0.6 is 0 Å². The predicted octanol–water partition coefficient (Wildman–Crippen LogP) is 4.77. The zero-order chi connectivity index (χ0) is 24.3. The third kappa shape index (κ3) is 3.29. The van der Waals surface area contributed by atoms with Gasteiger partial charge in [-0.15, -0.1) is 0 Å². The lowest BCUT2D eigenvalue weighted by atomic mass is 9.80. The van der Waals surface area contributed by atoms with Gasteiger partial charge in [0, 0.05) is 40.3 Å². The second-order valence-electron chi connectivity index (χ2n) is 9.03. The summed E-state index contributed by atoms with van der Waals surface area (Å²) in [6.45, 7) is 3.91. The van der Waals surface area contributed by atoms with E-state index in [9.17, 15) is 30.6 Å². The molecule has 2 aliphatic heterocycles. The molecule has 2 unspecified atom stereocenters. The molecule has 0 saturated heterocycles. The molecule has 2 heterocycles. The SMILES string of the molecule is Cc1c(O)cc(O)c2c1OCCC2c1c(O)cc2c(c1O)C(C)C[C@@H](c1ccc(O)c(O)c1)O2. The smallest absolute Gasteiger partial charge is 0.157 e. The number of rotatable bonds is 2. The second kappa shape index (κ2) is 7.83. The number of aromatic hydroxyl groups is 6. The lowest BCUT2D eigenvalue weighted by Crippen LogP contribution is -2.20. The summed E-state index contributed by atoms with van der Waals surface area (Å²) in [4.78, 5) is 0. The van der Waals surface area contributed by atoms with Gasteiger partial charge in [0.1, 0.15) is 40.6 Å². The molecule has 8 nitrogen and oxygen atoms in total. The Morgan fingerprint density at radius 3 is 2.26 bits per heavy atom. The van der Waals surface area contributed by atoms with Crippen molar-refractivity contribution in [3.8, 4) is 46.0 Å². The molecule has 6 N–H and O–H groups in total. The molecule has 0 fully saturated rings. The first kappa shape index (κ1) is 21.9.